The van der Waals surface area contributed by atoms with Crippen LogP contribution in [-0.4, -0.2) is 18.5 Å². The molecule has 0 fully saturated rings. The molecule has 0 saturated heterocycles. The Bertz CT molecular complexity index is 857. The topological polar surface area (TPSA) is 102 Å². The van der Waals surface area contributed by atoms with Gasteiger partial charge in [-0.3, -0.25) is 4.79 Å². The summed E-state index contributed by atoms with van der Waals surface area (Å²) in [5.74, 6) is -1.55. The van der Waals surface area contributed by atoms with Crippen molar-refractivity contribution in [1.29, 1.82) is 5.26 Å². The molecule has 2 aromatic rings. The monoisotopic (exact) mass is 399 g/mol. The number of rotatable bonds is 6. The summed E-state index contributed by atoms with van der Waals surface area (Å²) in [6, 6.07) is 15.4. The number of aliphatic carboxylic acids is 1. The molecule has 0 saturated carbocycles. The molecule has 1 N–H and O–H groups in total. The molecular weight excluding hydrogens is 388 g/mol. The standard InChI is InChI=1S/C18H13BrN2O4/c19-15-9-12(6-7-16(15)25-11-17(22)23)8-13(10-20)18(24)21-14-4-2-1-3-5-14/h1-9H,11H2,(H,21,24)(H,22,23)/p-1/b13-8+. The number of carbonyl (C=O) groups is 2. The number of benzene rings is 2. The maximum atomic E-state index is 12.2. The number of nitrogens with one attached hydrogen (secondary N) is 1. The zero-order valence-corrected chi connectivity index (χ0v) is 14.4. The molecule has 25 heavy (non-hydrogen) atoms. The zero-order chi connectivity index (χ0) is 18.2. The molecule has 1 amide bonds. The van der Waals surface area contributed by atoms with Crippen LogP contribution in [-0.2, 0) is 9.59 Å². The minimum absolute atomic E-state index is 0.0702. The molecule has 0 bridgehead atoms. The first-order valence-electron chi connectivity index (χ1n) is 7.10. The molecule has 0 heterocycles. The van der Waals surface area contributed by atoms with E-state index < -0.39 is 18.5 Å². The van der Waals surface area contributed by atoms with Gasteiger partial charge in [0.1, 0.15) is 24.0 Å². The lowest BCUT2D eigenvalue weighted by Gasteiger charge is -2.09. The zero-order valence-electron chi connectivity index (χ0n) is 12.9. The number of carboxylic acids is 1. The van der Waals surface area contributed by atoms with Gasteiger partial charge in [-0.2, -0.15) is 5.26 Å². The summed E-state index contributed by atoms with van der Waals surface area (Å²) in [6.45, 7) is -0.573. The molecule has 0 radical (unpaired) electrons. The maximum absolute atomic E-state index is 12.2. The van der Waals surface area contributed by atoms with Crippen molar-refractivity contribution >= 4 is 39.6 Å². The van der Waals surface area contributed by atoms with E-state index >= 15 is 0 Å². The average Bonchev–Trinajstić information content (AvgIpc) is 2.59. The number of carboxylic acid groups (broad SMARTS) is 1. The SMILES string of the molecule is N#C/C(=C\c1ccc(OCC(=O)[O-])c(Br)c1)C(=O)Nc1ccccc1. The quantitative estimate of drug-likeness (QED) is 0.591. The first-order valence-corrected chi connectivity index (χ1v) is 7.89. The van der Waals surface area contributed by atoms with Crippen molar-refractivity contribution in [3.63, 3.8) is 0 Å². The second-order valence-electron chi connectivity index (χ2n) is 4.84. The molecule has 0 aliphatic heterocycles. The van der Waals surface area contributed by atoms with Crippen molar-refractivity contribution in [3.8, 4) is 11.8 Å². The van der Waals surface area contributed by atoms with Crippen LogP contribution in [0.5, 0.6) is 5.75 Å². The third-order valence-electron chi connectivity index (χ3n) is 3.01. The van der Waals surface area contributed by atoms with E-state index in [1.165, 1.54) is 12.1 Å². The van der Waals surface area contributed by atoms with Gasteiger partial charge in [0.25, 0.3) is 5.91 Å². The molecule has 0 aliphatic carbocycles. The van der Waals surface area contributed by atoms with E-state index in [-0.39, 0.29) is 5.57 Å². The van der Waals surface area contributed by atoms with E-state index in [2.05, 4.69) is 21.2 Å². The van der Waals surface area contributed by atoms with Crippen LogP contribution in [0.1, 0.15) is 5.56 Å². The Labute approximate surface area is 152 Å². The van der Waals surface area contributed by atoms with E-state index in [1.807, 2.05) is 12.1 Å². The van der Waals surface area contributed by atoms with Crippen LogP contribution in [0.15, 0.2) is 58.6 Å². The number of anilines is 1. The Morgan fingerprint density at radius 3 is 2.56 bits per heavy atom. The molecule has 6 nitrogen and oxygen atoms in total. The van der Waals surface area contributed by atoms with E-state index in [9.17, 15) is 20.0 Å². The highest BCUT2D eigenvalue weighted by Crippen LogP contribution is 2.27. The van der Waals surface area contributed by atoms with Crippen LogP contribution < -0.4 is 15.2 Å². The Morgan fingerprint density at radius 1 is 1.24 bits per heavy atom. The summed E-state index contributed by atoms with van der Waals surface area (Å²) in [4.78, 5) is 22.6. The van der Waals surface area contributed by atoms with Gasteiger partial charge in [0.2, 0.25) is 0 Å². The minimum Gasteiger partial charge on any atom is -0.546 e. The van der Waals surface area contributed by atoms with Crippen LogP contribution in [0.4, 0.5) is 5.69 Å². The number of nitrogens with zero attached hydrogens (tertiary/aromatic N) is 1. The first kappa shape index (κ1) is 18.2. The first-order chi connectivity index (χ1) is 12.0. The summed E-state index contributed by atoms with van der Waals surface area (Å²) < 4.78 is 5.53. The maximum Gasteiger partial charge on any atom is 0.266 e. The number of hydrogen-bond acceptors (Lipinski definition) is 5. The molecule has 0 atom stereocenters. The third kappa shape index (κ3) is 5.48. The number of amides is 1. The van der Waals surface area contributed by atoms with Crippen LogP contribution in [0.2, 0.25) is 0 Å². The number of para-hydroxylation sites is 1. The summed E-state index contributed by atoms with van der Waals surface area (Å²) in [6.07, 6.45) is 1.42. The molecule has 126 valence electrons. The van der Waals surface area contributed by atoms with Gasteiger partial charge in [-0.25, -0.2) is 0 Å². The van der Waals surface area contributed by atoms with E-state index in [0.29, 0.717) is 21.5 Å². The van der Waals surface area contributed by atoms with Gasteiger partial charge in [0.05, 0.1) is 10.4 Å². The fraction of sp³-hybridized carbons (Fsp3) is 0.0556. The number of carbonyl (C=O) groups excluding carboxylic acids is 2. The van der Waals surface area contributed by atoms with Crippen LogP contribution >= 0.6 is 15.9 Å². The number of hydrogen-bond donors (Lipinski definition) is 1. The summed E-state index contributed by atoms with van der Waals surface area (Å²) in [5.41, 5.74) is 1.09. The fourth-order valence-corrected chi connectivity index (χ4v) is 2.41. The Hall–Kier alpha value is -3.11. The van der Waals surface area contributed by atoms with Gasteiger partial charge < -0.3 is 20.0 Å². The molecule has 0 unspecified atom stereocenters. The number of nitriles is 1. The summed E-state index contributed by atoms with van der Waals surface area (Å²) in [5, 5.41) is 22.3. The highest BCUT2D eigenvalue weighted by Gasteiger charge is 2.10. The van der Waals surface area contributed by atoms with E-state index in [4.69, 9.17) is 4.74 Å². The predicted molar refractivity (Wildman–Crippen MR) is 93.3 cm³/mol. The van der Waals surface area contributed by atoms with Gasteiger partial charge in [-0.1, -0.05) is 24.3 Å². The Kier molecular flexibility index (Phi) is 6.32. The third-order valence-corrected chi connectivity index (χ3v) is 3.63. The largest absolute Gasteiger partial charge is 0.546 e. The molecule has 7 heteroatoms. The Balaban J connectivity index is 2.16. The van der Waals surface area contributed by atoms with Gasteiger partial charge in [-0.05, 0) is 51.8 Å². The van der Waals surface area contributed by atoms with E-state index in [0.717, 1.165) is 0 Å². The molecule has 0 spiro atoms. The normalized spacial score (nSPS) is 10.6. The molecule has 0 aromatic heterocycles. The lowest BCUT2D eigenvalue weighted by molar-refractivity contribution is -0.307. The molecule has 0 aliphatic rings. The van der Waals surface area contributed by atoms with Crippen molar-refractivity contribution in [2.75, 3.05) is 11.9 Å². The molecule has 2 aromatic carbocycles. The van der Waals surface area contributed by atoms with Crippen LogP contribution in [0.25, 0.3) is 6.08 Å². The second kappa shape index (κ2) is 8.66. The van der Waals surface area contributed by atoms with Crippen LogP contribution in [0.3, 0.4) is 0 Å². The van der Waals surface area contributed by atoms with Gasteiger partial charge in [-0.15, -0.1) is 0 Å². The van der Waals surface area contributed by atoms with Crippen LogP contribution in [0, 0.1) is 11.3 Å². The average molecular weight is 400 g/mol. The van der Waals surface area contributed by atoms with E-state index in [1.54, 1.807) is 36.4 Å². The van der Waals surface area contributed by atoms with Gasteiger partial charge >= 0.3 is 0 Å². The molecule has 2 rings (SSSR count). The second-order valence-corrected chi connectivity index (χ2v) is 5.69. The van der Waals surface area contributed by atoms with Crippen molar-refractivity contribution in [2.24, 2.45) is 0 Å². The van der Waals surface area contributed by atoms with Crippen molar-refractivity contribution in [1.82, 2.24) is 0 Å². The Morgan fingerprint density at radius 2 is 1.96 bits per heavy atom. The van der Waals surface area contributed by atoms with Gasteiger partial charge in [0.15, 0.2) is 0 Å². The van der Waals surface area contributed by atoms with Crippen molar-refractivity contribution in [2.45, 2.75) is 0 Å². The van der Waals surface area contributed by atoms with Crippen molar-refractivity contribution in [3.05, 3.63) is 64.1 Å². The predicted octanol–water partition coefficient (Wildman–Crippen LogP) is 2.12. The lowest BCUT2D eigenvalue weighted by atomic mass is 10.1. The highest BCUT2D eigenvalue weighted by atomic mass is 79.9. The van der Waals surface area contributed by atoms with Crippen molar-refractivity contribution < 1.29 is 19.4 Å². The highest BCUT2D eigenvalue weighted by molar-refractivity contribution is 9.10. The lowest BCUT2D eigenvalue weighted by Crippen LogP contribution is -2.29. The minimum atomic E-state index is -1.33. The molecular formula is C18H12BrN2O4-. The number of halogens is 1. The summed E-state index contributed by atoms with van der Waals surface area (Å²) >= 11 is 3.25. The number of ether oxygens (including phenoxy) is 1. The van der Waals surface area contributed by atoms with Gasteiger partial charge in [0, 0.05) is 5.69 Å². The smallest absolute Gasteiger partial charge is 0.266 e. The fourth-order valence-electron chi connectivity index (χ4n) is 1.90. The summed E-state index contributed by atoms with van der Waals surface area (Å²) in [7, 11) is 0.